The lowest BCUT2D eigenvalue weighted by Gasteiger charge is -2.08. The third kappa shape index (κ3) is 3.28. The Hall–Kier alpha value is -1.44. The van der Waals surface area contributed by atoms with Gasteiger partial charge in [0, 0.05) is 4.57 Å². The van der Waals surface area contributed by atoms with Gasteiger partial charge in [-0.3, -0.25) is 9.80 Å². The van der Waals surface area contributed by atoms with E-state index in [0.29, 0.717) is 26.3 Å². The highest BCUT2D eigenvalue weighted by atomic mass is 31.1. The molecule has 2 saturated heterocycles. The zero-order chi connectivity index (χ0) is 13.0. The van der Waals surface area contributed by atoms with Crippen LogP contribution in [0.15, 0.2) is 0 Å². The third-order valence-corrected chi connectivity index (χ3v) is 2.98. The Morgan fingerprint density at radius 3 is 1.78 bits per heavy atom. The number of carbonyl (C=O) groups excluding carboxylic acids is 2. The fourth-order valence-corrected chi connectivity index (χ4v) is 1.90. The van der Waals surface area contributed by atoms with E-state index in [9.17, 15) is 14.2 Å². The van der Waals surface area contributed by atoms with Crippen molar-refractivity contribution in [3.05, 3.63) is 0 Å². The van der Waals surface area contributed by atoms with Gasteiger partial charge in [0.2, 0.25) is 0 Å². The van der Waals surface area contributed by atoms with E-state index in [-0.39, 0.29) is 13.5 Å². The van der Waals surface area contributed by atoms with Crippen molar-refractivity contribution < 1.29 is 32.7 Å². The molecular weight excluding hydrogens is 267 g/mol. The van der Waals surface area contributed by atoms with Crippen molar-refractivity contribution in [3.8, 4) is 0 Å². The summed E-state index contributed by atoms with van der Waals surface area (Å²) in [6.07, 6.45) is -1.02. The van der Waals surface area contributed by atoms with Crippen LogP contribution in [0.4, 0.5) is 9.59 Å². The van der Waals surface area contributed by atoms with E-state index < -0.39 is 20.4 Å². The number of cyclic esters (lactones) is 2. The molecule has 0 radical (unpaired) electrons. The summed E-state index contributed by atoms with van der Waals surface area (Å²) in [6, 6.07) is 0. The van der Waals surface area contributed by atoms with E-state index in [2.05, 4.69) is 9.47 Å². The first kappa shape index (κ1) is 13.0. The number of amides is 2. The van der Waals surface area contributed by atoms with Gasteiger partial charge in [-0.15, -0.1) is 0 Å². The molecule has 2 amide bonds. The van der Waals surface area contributed by atoms with E-state index in [4.69, 9.17) is 9.05 Å². The van der Waals surface area contributed by atoms with Gasteiger partial charge in [-0.1, -0.05) is 9.05 Å². The Balaban J connectivity index is 1.63. The quantitative estimate of drug-likeness (QED) is 0.653. The predicted octanol–water partition coefficient (Wildman–Crippen LogP) is 0.496. The van der Waals surface area contributed by atoms with Crippen molar-refractivity contribution >= 4 is 20.4 Å². The van der Waals surface area contributed by atoms with Crippen LogP contribution in [0.1, 0.15) is 0 Å². The smallest absolute Gasteiger partial charge is 0.447 e. The molecule has 18 heavy (non-hydrogen) atoms. The molecule has 2 aliphatic heterocycles. The third-order valence-electron chi connectivity index (χ3n) is 2.33. The summed E-state index contributed by atoms with van der Waals surface area (Å²) in [5.41, 5.74) is 0. The molecule has 0 N–H and O–H groups in total. The lowest BCUT2D eigenvalue weighted by atomic mass is 10.7. The first-order valence-corrected chi connectivity index (χ1v) is 6.33. The van der Waals surface area contributed by atoms with Crippen molar-refractivity contribution in [3.63, 3.8) is 0 Å². The highest BCUT2D eigenvalue weighted by Gasteiger charge is 2.31. The van der Waals surface area contributed by atoms with Gasteiger partial charge in [0.25, 0.3) is 0 Å². The molecule has 100 valence electrons. The monoisotopic (exact) mass is 279 g/mol. The fraction of sp³-hybridized carbons (Fsp3) is 0.750. The van der Waals surface area contributed by atoms with Crippen LogP contribution < -0.4 is 0 Å². The second-order valence-electron chi connectivity index (χ2n) is 3.50. The van der Waals surface area contributed by atoms with Crippen molar-refractivity contribution in [1.82, 2.24) is 9.80 Å². The van der Waals surface area contributed by atoms with Crippen molar-refractivity contribution in [2.24, 2.45) is 0 Å². The molecule has 0 saturated carbocycles. The van der Waals surface area contributed by atoms with Crippen molar-refractivity contribution in [1.29, 1.82) is 0 Å². The van der Waals surface area contributed by atoms with Gasteiger partial charge in [-0.05, 0) is 0 Å². The SMILES string of the molecule is O=C1OCCN1CO[P+](=O)OCN1CCOC1=O. The van der Waals surface area contributed by atoms with Gasteiger partial charge < -0.3 is 9.47 Å². The first-order valence-electron chi connectivity index (χ1n) is 5.23. The van der Waals surface area contributed by atoms with Crippen LogP contribution in [-0.2, 0) is 23.1 Å². The second-order valence-corrected chi connectivity index (χ2v) is 4.46. The molecule has 0 bridgehead atoms. The summed E-state index contributed by atoms with van der Waals surface area (Å²) in [5, 5.41) is 0. The normalized spacial score (nSPS) is 19.1. The predicted molar refractivity (Wildman–Crippen MR) is 55.6 cm³/mol. The number of carbonyl (C=O) groups is 2. The number of rotatable bonds is 6. The van der Waals surface area contributed by atoms with Gasteiger partial charge in [0.15, 0.2) is 13.5 Å². The van der Waals surface area contributed by atoms with E-state index in [1.807, 2.05) is 0 Å². The minimum Gasteiger partial charge on any atom is -0.447 e. The maximum absolute atomic E-state index is 11.3. The van der Waals surface area contributed by atoms with Gasteiger partial charge in [0.05, 0.1) is 13.1 Å². The van der Waals surface area contributed by atoms with Crippen LogP contribution in [0.2, 0.25) is 0 Å². The summed E-state index contributed by atoms with van der Waals surface area (Å²) < 4.78 is 30.3. The maximum Gasteiger partial charge on any atom is 0.701 e. The number of hydrogen-bond acceptors (Lipinski definition) is 7. The lowest BCUT2D eigenvalue weighted by molar-refractivity contribution is 0.101. The Morgan fingerprint density at radius 2 is 1.44 bits per heavy atom. The zero-order valence-electron chi connectivity index (χ0n) is 9.44. The van der Waals surface area contributed by atoms with Crippen LogP contribution in [0.25, 0.3) is 0 Å². The Morgan fingerprint density at radius 1 is 1.00 bits per heavy atom. The van der Waals surface area contributed by atoms with Gasteiger partial charge in [0.1, 0.15) is 13.2 Å². The van der Waals surface area contributed by atoms with Gasteiger partial charge >= 0.3 is 20.4 Å². The number of ether oxygens (including phenoxy) is 2. The second kappa shape index (κ2) is 5.94. The molecule has 0 aromatic carbocycles. The Bertz CT molecular complexity index is 331. The number of nitrogens with zero attached hydrogens (tertiary/aromatic N) is 2. The zero-order valence-corrected chi connectivity index (χ0v) is 10.3. The maximum atomic E-state index is 11.3. The summed E-state index contributed by atoms with van der Waals surface area (Å²) >= 11 is 0. The Labute approximate surface area is 103 Å². The molecule has 10 heteroatoms. The van der Waals surface area contributed by atoms with Crippen LogP contribution in [0.5, 0.6) is 0 Å². The molecule has 0 atom stereocenters. The topological polar surface area (TPSA) is 94.6 Å². The molecule has 0 spiro atoms. The molecule has 2 aliphatic rings. The molecule has 2 heterocycles. The molecule has 2 rings (SSSR count). The largest absolute Gasteiger partial charge is 0.701 e. The van der Waals surface area contributed by atoms with E-state index in [1.165, 1.54) is 9.80 Å². The summed E-state index contributed by atoms with van der Waals surface area (Å²) in [4.78, 5) is 24.5. The molecule has 0 aromatic rings. The molecule has 0 aliphatic carbocycles. The summed E-state index contributed by atoms with van der Waals surface area (Å²) in [5.74, 6) is 0. The van der Waals surface area contributed by atoms with Crippen molar-refractivity contribution in [2.45, 2.75) is 0 Å². The Kier molecular flexibility index (Phi) is 4.29. The van der Waals surface area contributed by atoms with Gasteiger partial charge in [-0.25, -0.2) is 9.59 Å². The van der Waals surface area contributed by atoms with Crippen LogP contribution in [-0.4, -0.2) is 61.8 Å². The average Bonchev–Trinajstić information content (AvgIpc) is 2.93. The summed E-state index contributed by atoms with van der Waals surface area (Å²) in [7, 11) is -2.40. The van der Waals surface area contributed by atoms with E-state index in [0.717, 1.165) is 0 Å². The fourth-order valence-electron chi connectivity index (χ4n) is 1.36. The average molecular weight is 279 g/mol. The minimum atomic E-state index is -2.40. The van der Waals surface area contributed by atoms with E-state index in [1.54, 1.807) is 0 Å². The van der Waals surface area contributed by atoms with Crippen LogP contribution in [0.3, 0.4) is 0 Å². The number of hydrogen-bond donors (Lipinski definition) is 0. The highest BCUT2D eigenvalue weighted by molar-refractivity contribution is 7.33. The molecule has 2 fully saturated rings. The van der Waals surface area contributed by atoms with E-state index >= 15 is 0 Å². The van der Waals surface area contributed by atoms with Gasteiger partial charge in [-0.2, -0.15) is 0 Å². The molecule has 0 unspecified atom stereocenters. The molecule has 9 nitrogen and oxygen atoms in total. The lowest BCUT2D eigenvalue weighted by Crippen LogP contribution is -2.27. The first-order chi connectivity index (χ1) is 8.66. The van der Waals surface area contributed by atoms with Crippen LogP contribution in [0, 0.1) is 0 Å². The standard InChI is InChI=1S/C8H12N2O7P/c11-7-9(1-3-14-7)5-16-18(13)17-6-10-2-4-15-8(10)12/h1-6H2/q+1. The molecular formula is C8H12N2O7P+. The van der Waals surface area contributed by atoms with Crippen molar-refractivity contribution in [2.75, 3.05) is 39.8 Å². The molecule has 0 aromatic heterocycles. The van der Waals surface area contributed by atoms with Crippen LogP contribution >= 0.6 is 8.25 Å². The minimum absolute atomic E-state index is 0.168. The highest BCUT2D eigenvalue weighted by Crippen LogP contribution is 2.25. The summed E-state index contributed by atoms with van der Waals surface area (Å²) in [6.45, 7) is 1.02.